The number of hydrogen-bond acceptors (Lipinski definition) is 3. The van der Waals surface area contributed by atoms with Crippen LogP contribution in [0.3, 0.4) is 0 Å². The van der Waals surface area contributed by atoms with Crippen LogP contribution < -0.4 is 15.4 Å². The molecular weight excluding hydrogens is 288 g/mol. The first-order chi connectivity index (χ1) is 11.2. The highest BCUT2D eigenvalue weighted by atomic mass is 16.5. The zero-order valence-corrected chi connectivity index (χ0v) is 15.1. The lowest BCUT2D eigenvalue weighted by molar-refractivity contribution is 0.221. The van der Waals surface area contributed by atoms with E-state index in [0.717, 1.165) is 49.9 Å². The van der Waals surface area contributed by atoms with Crippen LogP contribution in [-0.4, -0.2) is 50.7 Å². The van der Waals surface area contributed by atoms with E-state index in [1.165, 1.54) is 0 Å². The summed E-state index contributed by atoms with van der Waals surface area (Å²) in [5.41, 5.74) is 1.14. The number of rotatable bonds is 10. The molecule has 0 atom stereocenters. The molecule has 0 bridgehead atoms. The molecule has 0 spiro atoms. The number of hydrogen-bond donors (Lipinski definition) is 2. The fourth-order valence-corrected chi connectivity index (χ4v) is 2.26. The third-order valence-corrected chi connectivity index (χ3v) is 3.74. The Hall–Kier alpha value is -1.75. The van der Waals surface area contributed by atoms with Gasteiger partial charge in [0, 0.05) is 32.2 Å². The molecule has 0 aliphatic carbocycles. The molecule has 0 saturated carbocycles. The smallest absolute Gasteiger partial charge is 0.191 e. The van der Waals surface area contributed by atoms with Gasteiger partial charge in [-0.3, -0.25) is 4.99 Å². The summed E-state index contributed by atoms with van der Waals surface area (Å²) in [5.74, 6) is 1.77. The monoisotopic (exact) mass is 320 g/mol. The van der Waals surface area contributed by atoms with Crippen LogP contribution in [0.4, 0.5) is 0 Å². The Balaban J connectivity index is 2.53. The minimum atomic E-state index is 0.699. The number of likely N-dealkylation sites (N-methyl/N-ethyl adjacent to an activating group) is 1. The van der Waals surface area contributed by atoms with Crippen molar-refractivity contribution < 1.29 is 4.74 Å². The van der Waals surface area contributed by atoms with Gasteiger partial charge in [0.1, 0.15) is 12.4 Å². The molecular formula is C18H32N4O. The lowest BCUT2D eigenvalue weighted by atomic mass is 10.2. The van der Waals surface area contributed by atoms with Crippen LogP contribution in [0.15, 0.2) is 29.3 Å². The van der Waals surface area contributed by atoms with Crippen LogP contribution in [0.1, 0.15) is 32.8 Å². The third-order valence-electron chi connectivity index (χ3n) is 3.74. The van der Waals surface area contributed by atoms with E-state index < -0.39 is 0 Å². The molecule has 0 amide bonds. The summed E-state index contributed by atoms with van der Waals surface area (Å²) in [6.45, 7) is 11.9. The molecule has 130 valence electrons. The molecule has 5 heteroatoms. The normalized spacial score (nSPS) is 11.6. The Morgan fingerprint density at radius 1 is 1.13 bits per heavy atom. The second kappa shape index (κ2) is 11.8. The average molecular weight is 320 g/mol. The zero-order chi connectivity index (χ0) is 16.9. The van der Waals surface area contributed by atoms with Crippen LogP contribution in [0.25, 0.3) is 0 Å². The van der Waals surface area contributed by atoms with Crippen molar-refractivity contribution in [1.82, 2.24) is 15.5 Å². The molecule has 23 heavy (non-hydrogen) atoms. The van der Waals surface area contributed by atoms with Gasteiger partial charge in [-0.25, -0.2) is 0 Å². The van der Waals surface area contributed by atoms with E-state index in [2.05, 4.69) is 47.4 Å². The van der Waals surface area contributed by atoms with E-state index in [-0.39, 0.29) is 0 Å². The maximum Gasteiger partial charge on any atom is 0.191 e. The first-order valence-electron chi connectivity index (χ1n) is 8.62. The molecule has 0 aliphatic rings. The Morgan fingerprint density at radius 3 is 2.52 bits per heavy atom. The van der Waals surface area contributed by atoms with Crippen molar-refractivity contribution in [2.24, 2.45) is 4.99 Å². The fraction of sp³-hybridized carbons (Fsp3) is 0.611. The molecule has 2 N–H and O–H groups in total. The molecule has 0 radical (unpaired) electrons. The lowest BCUT2D eigenvalue weighted by Gasteiger charge is -2.19. The lowest BCUT2D eigenvalue weighted by Crippen LogP contribution is -2.37. The van der Waals surface area contributed by atoms with Crippen molar-refractivity contribution in [3.63, 3.8) is 0 Å². The first kappa shape index (κ1) is 19.3. The molecule has 0 unspecified atom stereocenters. The van der Waals surface area contributed by atoms with Crippen LogP contribution in [0.2, 0.25) is 0 Å². The summed E-state index contributed by atoms with van der Waals surface area (Å²) < 4.78 is 5.98. The Kier molecular flexibility index (Phi) is 9.87. The number of para-hydroxylation sites is 1. The molecule has 0 saturated heterocycles. The van der Waals surface area contributed by atoms with Gasteiger partial charge in [0.2, 0.25) is 0 Å². The fourth-order valence-electron chi connectivity index (χ4n) is 2.26. The Bertz CT molecular complexity index is 458. The van der Waals surface area contributed by atoms with Crippen molar-refractivity contribution in [2.75, 3.05) is 39.8 Å². The number of guanidine groups is 1. The van der Waals surface area contributed by atoms with Crippen molar-refractivity contribution in [2.45, 2.75) is 33.7 Å². The van der Waals surface area contributed by atoms with Crippen molar-refractivity contribution in [3.8, 4) is 5.75 Å². The molecule has 1 aromatic carbocycles. The van der Waals surface area contributed by atoms with Crippen LogP contribution in [-0.2, 0) is 6.54 Å². The quantitative estimate of drug-likeness (QED) is 0.514. The topological polar surface area (TPSA) is 48.9 Å². The van der Waals surface area contributed by atoms with Gasteiger partial charge in [-0.05, 0) is 25.6 Å². The summed E-state index contributed by atoms with van der Waals surface area (Å²) >= 11 is 0. The van der Waals surface area contributed by atoms with E-state index in [1.807, 2.05) is 18.2 Å². The molecule has 0 fully saturated rings. The van der Waals surface area contributed by atoms with E-state index in [4.69, 9.17) is 4.74 Å². The Labute approximate surface area is 141 Å². The average Bonchev–Trinajstić information content (AvgIpc) is 2.60. The number of benzene rings is 1. The molecule has 5 nitrogen and oxygen atoms in total. The second-order valence-corrected chi connectivity index (χ2v) is 5.34. The highest BCUT2D eigenvalue weighted by molar-refractivity contribution is 5.79. The maximum atomic E-state index is 5.98. The van der Waals surface area contributed by atoms with Gasteiger partial charge in [-0.2, -0.15) is 0 Å². The summed E-state index contributed by atoms with van der Waals surface area (Å²) in [7, 11) is 1.79. The SMILES string of the molecule is CCCNC(=NC)NCc1ccccc1OCCN(CC)CC. The van der Waals surface area contributed by atoms with Gasteiger partial charge < -0.3 is 20.3 Å². The van der Waals surface area contributed by atoms with Gasteiger partial charge in [0.25, 0.3) is 0 Å². The third kappa shape index (κ3) is 7.37. The first-order valence-corrected chi connectivity index (χ1v) is 8.62. The molecule has 1 rings (SSSR count). The maximum absolute atomic E-state index is 5.98. The van der Waals surface area contributed by atoms with Crippen LogP contribution >= 0.6 is 0 Å². The van der Waals surface area contributed by atoms with E-state index in [0.29, 0.717) is 13.2 Å². The van der Waals surface area contributed by atoms with E-state index >= 15 is 0 Å². The van der Waals surface area contributed by atoms with Gasteiger partial charge in [-0.15, -0.1) is 0 Å². The predicted octanol–water partition coefficient (Wildman–Crippen LogP) is 2.48. The number of nitrogens with zero attached hydrogens (tertiary/aromatic N) is 2. The largest absolute Gasteiger partial charge is 0.492 e. The summed E-state index contributed by atoms with van der Waals surface area (Å²) in [6, 6.07) is 8.17. The second-order valence-electron chi connectivity index (χ2n) is 5.34. The van der Waals surface area contributed by atoms with Crippen LogP contribution in [0, 0.1) is 0 Å². The highest BCUT2D eigenvalue weighted by Gasteiger charge is 2.05. The van der Waals surface area contributed by atoms with E-state index in [9.17, 15) is 0 Å². The van der Waals surface area contributed by atoms with Gasteiger partial charge in [0.15, 0.2) is 5.96 Å². The van der Waals surface area contributed by atoms with Gasteiger partial charge in [0.05, 0.1) is 0 Å². The minimum Gasteiger partial charge on any atom is -0.492 e. The summed E-state index contributed by atoms with van der Waals surface area (Å²) in [4.78, 5) is 6.58. The molecule has 0 heterocycles. The summed E-state index contributed by atoms with van der Waals surface area (Å²) in [6.07, 6.45) is 1.08. The van der Waals surface area contributed by atoms with Crippen molar-refractivity contribution in [3.05, 3.63) is 29.8 Å². The predicted molar refractivity (Wildman–Crippen MR) is 98.2 cm³/mol. The standard InChI is InChI=1S/C18H32N4O/c1-5-12-20-18(19-4)21-15-16-10-8-9-11-17(16)23-14-13-22(6-2)7-3/h8-11H,5-7,12-15H2,1-4H3,(H2,19,20,21). The van der Waals surface area contributed by atoms with E-state index in [1.54, 1.807) is 7.05 Å². The van der Waals surface area contributed by atoms with Crippen LogP contribution in [0.5, 0.6) is 5.75 Å². The molecule has 0 aromatic heterocycles. The van der Waals surface area contributed by atoms with Gasteiger partial charge >= 0.3 is 0 Å². The van der Waals surface area contributed by atoms with Crippen molar-refractivity contribution in [1.29, 1.82) is 0 Å². The Morgan fingerprint density at radius 2 is 1.87 bits per heavy atom. The number of aliphatic imine (C=N–C) groups is 1. The van der Waals surface area contributed by atoms with Gasteiger partial charge in [-0.1, -0.05) is 39.0 Å². The molecule has 1 aromatic rings. The number of ether oxygens (including phenoxy) is 1. The summed E-state index contributed by atoms with van der Waals surface area (Å²) in [5, 5.41) is 6.60. The number of nitrogens with one attached hydrogen (secondary N) is 2. The molecule has 0 aliphatic heterocycles. The highest BCUT2D eigenvalue weighted by Crippen LogP contribution is 2.17. The van der Waals surface area contributed by atoms with Crippen molar-refractivity contribution >= 4 is 5.96 Å². The zero-order valence-electron chi connectivity index (χ0n) is 15.1. The minimum absolute atomic E-state index is 0.699.